The molecular weight excluding hydrogens is 366 g/mol. The lowest BCUT2D eigenvalue weighted by Gasteiger charge is -2.29. The van der Waals surface area contributed by atoms with E-state index in [4.69, 9.17) is 0 Å². The Labute approximate surface area is 169 Å². The minimum Gasteiger partial charge on any atom is -0.211 e. The molecule has 0 aliphatic heterocycles. The smallest absolute Gasteiger partial charge is 0.211 e. The Balaban J connectivity index is 1.83. The van der Waals surface area contributed by atoms with Gasteiger partial charge in [-0.25, -0.2) is 19.4 Å². The normalized spacial score (nSPS) is 18.1. The van der Waals surface area contributed by atoms with Crippen LogP contribution in [-0.2, 0) is 27.2 Å². The fourth-order valence-corrected chi connectivity index (χ4v) is 3.98. The van der Waals surface area contributed by atoms with Gasteiger partial charge in [0.15, 0.2) is 0 Å². The number of aryl methyl sites for hydroxylation is 2. The second kappa shape index (κ2) is 10.2. The van der Waals surface area contributed by atoms with Crippen molar-refractivity contribution in [3.8, 4) is 0 Å². The van der Waals surface area contributed by atoms with E-state index in [2.05, 4.69) is 21.0 Å². The van der Waals surface area contributed by atoms with Gasteiger partial charge in [-0.15, -0.1) is 0 Å². The van der Waals surface area contributed by atoms with Gasteiger partial charge in [0.2, 0.25) is 18.2 Å². The minimum absolute atomic E-state index is 0.0535. The summed E-state index contributed by atoms with van der Waals surface area (Å²) in [6, 6.07) is 13.2. The Morgan fingerprint density at radius 3 is 2.21 bits per heavy atom. The largest absolute Gasteiger partial charge is 0.240 e. The van der Waals surface area contributed by atoms with E-state index < -0.39 is 0 Å². The van der Waals surface area contributed by atoms with Crippen LogP contribution in [0, 0.1) is 0 Å². The number of benzene rings is 2. The molecule has 0 amide bonds. The SMILES string of the molecule is O=C=Nc1ccc(CCc2ccc(N=C=O)c(C3CCCCC3N=C=O)c2)cc1. The fourth-order valence-electron chi connectivity index (χ4n) is 3.98. The summed E-state index contributed by atoms with van der Waals surface area (Å²) in [5.41, 5.74) is 4.39. The van der Waals surface area contributed by atoms with Crippen LogP contribution in [0.1, 0.15) is 48.3 Å². The Morgan fingerprint density at radius 1 is 0.793 bits per heavy atom. The van der Waals surface area contributed by atoms with E-state index in [9.17, 15) is 14.4 Å². The molecule has 2 unspecified atom stereocenters. The summed E-state index contributed by atoms with van der Waals surface area (Å²) in [5.74, 6) is 0.0535. The Bertz CT molecular complexity index is 997. The van der Waals surface area contributed by atoms with Crippen molar-refractivity contribution >= 4 is 29.6 Å². The van der Waals surface area contributed by atoms with E-state index in [0.717, 1.165) is 55.2 Å². The fraction of sp³-hybridized carbons (Fsp3) is 0.348. The predicted molar refractivity (Wildman–Crippen MR) is 109 cm³/mol. The zero-order valence-corrected chi connectivity index (χ0v) is 16.0. The zero-order valence-electron chi connectivity index (χ0n) is 16.0. The molecule has 29 heavy (non-hydrogen) atoms. The molecule has 2 atom stereocenters. The average Bonchev–Trinajstić information content (AvgIpc) is 2.75. The van der Waals surface area contributed by atoms with Crippen LogP contribution < -0.4 is 0 Å². The molecule has 0 spiro atoms. The first-order valence-corrected chi connectivity index (χ1v) is 9.69. The lowest BCUT2D eigenvalue weighted by atomic mass is 9.79. The summed E-state index contributed by atoms with van der Waals surface area (Å²) in [5, 5.41) is 0. The van der Waals surface area contributed by atoms with Gasteiger partial charge in [0.1, 0.15) is 0 Å². The third-order valence-corrected chi connectivity index (χ3v) is 5.42. The van der Waals surface area contributed by atoms with Gasteiger partial charge in [0.25, 0.3) is 0 Å². The number of isocyanates is 3. The Kier molecular flexibility index (Phi) is 7.16. The maximum atomic E-state index is 10.9. The Morgan fingerprint density at radius 2 is 1.48 bits per heavy atom. The molecule has 146 valence electrons. The highest BCUT2D eigenvalue weighted by molar-refractivity contribution is 5.57. The molecule has 1 aliphatic rings. The molecule has 1 fully saturated rings. The van der Waals surface area contributed by atoms with Crippen molar-refractivity contribution in [3.05, 3.63) is 59.2 Å². The molecule has 1 saturated carbocycles. The molecule has 0 radical (unpaired) electrons. The lowest BCUT2D eigenvalue weighted by Crippen LogP contribution is -2.21. The van der Waals surface area contributed by atoms with Crippen LogP contribution in [0.4, 0.5) is 11.4 Å². The summed E-state index contributed by atoms with van der Waals surface area (Å²) in [6.07, 6.45) is 10.3. The van der Waals surface area contributed by atoms with Crippen LogP contribution >= 0.6 is 0 Å². The number of aliphatic imine (C=N–C) groups is 3. The van der Waals surface area contributed by atoms with Crippen molar-refractivity contribution in [3.63, 3.8) is 0 Å². The van der Waals surface area contributed by atoms with Crippen molar-refractivity contribution in [1.82, 2.24) is 0 Å². The van der Waals surface area contributed by atoms with Crippen molar-refractivity contribution in [2.75, 3.05) is 0 Å². The quantitative estimate of drug-likeness (QED) is 0.506. The first kappa shape index (κ1) is 20.3. The van der Waals surface area contributed by atoms with Gasteiger partial charge in [-0.2, -0.15) is 9.98 Å². The molecule has 2 aromatic rings. The molecule has 2 aromatic carbocycles. The first-order valence-electron chi connectivity index (χ1n) is 9.69. The van der Waals surface area contributed by atoms with E-state index in [-0.39, 0.29) is 12.0 Å². The number of carbonyl (C=O) groups excluding carboxylic acids is 3. The lowest BCUT2D eigenvalue weighted by molar-refractivity contribution is 0.385. The topological polar surface area (TPSA) is 88.3 Å². The van der Waals surface area contributed by atoms with E-state index in [1.54, 1.807) is 24.3 Å². The molecule has 0 heterocycles. The van der Waals surface area contributed by atoms with Gasteiger partial charge in [-0.3, -0.25) is 0 Å². The molecule has 0 aromatic heterocycles. The summed E-state index contributed by atoms with van der Waals surface area (Å²) in [6.45, 7) is 0. The van der Waals surface area contributed by atoms with Crippen molar-refractivity contribution in [2.24, 2.45) is 15.0 Å². The standard InChI is InChI=1S/C23H21N3O3/c27-14-24-19-10-7-17(8-11-19)5-6-18-9-12-23(26-16-29)21(13-18)20-3-1-2-4-22(20)25-15-28/h7-13,20,22H,1-6H2. The molecule has 1 aliphatic carbocycles. The van der Waals surface area contributed by atoms with Gasteiger partial charge < -0.3 is 0 Å². The van der Waals surface area contributed by atoms with Gasteiger partial charge in [-0.1, -0.05) is 37.1 Å². The summed E-state index contributed by atoms with van der Waals surface area (Å²) >= 11 is 0. The van der Waals surface area contributed by atoms with Crippen molar-refractivity contribution < 1.29 is 14.4 Å². The van der Waals surface area contributed by atoms with Crippen molar-refractivity contribution in [2.45, 2.75) is 50.5 Å². The molecule has 6 heteroatoms. The number of nitrogens with zero attached hydrogens (tertiary/aromatic N) is 3. The average molecular weight is 387 g/mol. The molecule has 0 bridgehead atoms. The number of hydrogen-bond donors (Lipinski definition) is 0. The van der Waals surface area contributed by atoms with Crippen LogP contribution in [-0.4, -0.2) is 24.3 Å². The van der Waals surface area contributed by atoms with E-state index in [1.807, 2.05) is 24.3 Å². The maximum absolute atomic E-state index is 10.9. The van der Waals surface area contributed by atoms with Crippen LogP contribution in [0.3, 0.4) is 0 Å². The summed E-state index contributed by atoms with van der Waals surface area (Å²) in [7, 11) is 0. The van der Waals surface area contributed by atoms with Crippen LogP contribution in [0.15, 0.2) is 57.4 Å². The number of hydrogen-bond acceptors (Lipinski definition) is 6. The van der Waals surface area contributed by atoms with Crippen LogP contribution in [0.5, 0.6) is 0 Å². The highest BCUT2D eigenvalue weighted by Gasteiger charge is 2.28. The molecular formula is C23H21N3O3. The second-order valence-electron chi connectivity index (χ2n) is 7.14. The first-order chi connectivity index (χ1) is 14.2. The Hall–Kier alpha value is -3.42. The van der Waals surface area contributed by atoms with Crippen molar-refractivity contribution in [1.29, 1.82) is 0 Å². The minimum atomic E-state index is -0.122. The number of rotatable bonds is 7. The van der Waals surface area contributed by atoms with E-state index >= 15 is 0 Å². The third kappa shape index (κ3) is 5.31. The van der Waals surface area contributed by atoms with E-state index in [1.165, 1.54) is 6.08 Å². The van der Waals surface area contributed by atoms with Crippen LogP contribution in [0.2, 0.25) is 0 Å². The molecule has 3 rings (SSSR count). The molecule has 0 saturated heterocycles. The predicted octanol–water partition coefficient (Wildman–Crippen LogP) is 4.77. The maximum Gasteiger partial charge on any atom is 0.240 e. The highest BCUT2D eigenvalue weighted by atomic mass is 16.1. The highest BCUT2D eigenvalue weighted by Crippen LogP contribution is 2.39. The van der Waals surface area contributed by atoms with Gasteiger partial charge in [0, 0.05) is 5.92 Å². The van der Waals surface area contributed by atoms with Gasteiger partial charge in [-0.05, 0) is 60.6 Å². The van der Waals surface area contributed by atoms with Gasteiger partial charge in [0.05, 0.1) is 17.4 Å². The molecule has 0 N–H and O–H groups in total. The van der Waals surface area contributed by atoms with Gasteiger partial charge >= 0.3 is 0 Å². The summed E-state index contributed by atoms with van der Waals surface area (Å²) in [4.78, 5) is 43.5. The second-order valence-corrected chi connectivity index (χ2v) is 7.14. The molecule has 6 nitrogen and oxygen atoms in total. The summed E-state index contributed by atoms with van der Waals surface area (Å²) < 4.78 is 0. The van der Waals surface area contributed by atoms with Crippen LogP contribution in [0.25, 0.3) is 0 Å². The monoisotopic (exact) mass is 387 g/mol. The third-order valence-electron chi connectivity index (χ3n) is 5.42. The van der Waals surface area contributed by atoms with E-state index in [0.29, 0.717) is 11.4 Å². The zero-order chi connectivity index (χ0) is 20.5.